The molecule has 0 saturated heterocycles. The van der Waals surface area contributed by atoms with E-state index < -0.39 is 5.97 Å². The number of aromatic nitrogens is 2. The van der Waals surface area contributed by atoms with E-state index in [1.54, 1.807) is 17.7 Å². The number of hydrogen-bond acceptors (Lipinski definition) is 5. The van der Waals surface area contributed by atoms with E-state index in [0.717, 1.165) is 33.8 Å². The first-order valence-electron chi connectivity index (χ1n) is 10.5. The van der Waals surface area contributed by atoms with Crippen LogP contribution in [0.25, 0.3) is 10.1 Å². The summed E-state index contributed by atoms with van der Waals surface area (Å²) in [4.78, 5) is 19.5. The smallest absolute Gasteiger partial charge is 0.307 e. The van der Waals surface area contributed by atoms with Gasteiger partial charge in [-0.1, -0.05) is 37.3 Å². The molecule has 0 aliphatic rings. The van der Waals surface area contributed by atoms with Crippen LogP contribution in [0.2, 0.25) is 0 Å². The number of rotatable bonds is 9. The van der Waals surface area contributed by atoms with Gasteiger partial charge in [0.15, 0.2) is 0 Å². The Balaban J connectivity index is 1.34. The summed E-state index contributed by atoms with van der Waals surface area (Å²) in [6.45, 7) is 2.69. The zero-order valence-electron chi connectivity index (χ0n) is 17.7. The molecule has 4 rings (SSSR count). The number of carboxylic acid groups (broad SMARTS) is 1. The van der Waals surface area contributed by atoms with Gasteiger partial charge < -0.3 is 10.4 Å². The highest BCUT2D eigenvalue weighted by molar-refractivity contribution is 7.17. The van der Waals surface area contributed by atoms with Gasteiger partial charge in [0.2, 0.25) is 0 Å². The minimum atomic E-state index is -0.832. The van der Waals surface area contributed by atoms with Crippen LogP contribution in [0.1, 0.15) is 35.2 Å². The molecule has 0 amide bonds. The van der Waals surface area contributed by atoms with Crippen molar-refractivity contribution >= 4 is 33.2 Å². The number of anilines is 1. The highest BCUT2D eigenvalue weighted by Crippen LogP contribution is 2.26. The number of benzene rings is 2. The quantitative estimate of drug-likeness (QED) is 0.355. The Bertz CT molecular complexity index is 1220. The van der Waals surface area contributed by atoms with Crippen molar-refractivity contribution in [3.8, 4) is 0 Å². The first-order valence-corrected chi connectivity index (χ1v) is 11.4. The molecule has 0 radical (unpaired) electrons. The maximum absolute atomic E-state index is 14.6. The largest absolute Gasteiger partial charge is 0.481 e. The second kappa shape index (κ2) is 9.87. The topological polar surface area (TPSA) is 75.1 Å². The van der Waals surface area contributed by atoms with Crippen LogP contribution in [0, 0.1) is 5.82 Å². The van der Waals surface area contributed by atoms with Gasteiger partial charge in [0.05, 0.1) is 6.42 Å². The van der Waals surface area contributed by atoms with E-state index in [1.807, 2.05) is 53.9 Å². The fourth-order valence-corrected chi connectivity index (χ4v) is 4.53. The molecule has 0 aliphatic carbocycles. The number of carboxylic acids is 1. The molecule has 0 aliphatic heterocycles. The lowest BCUT2D eigenvalue weighted by Gasteiger charge is -2.13. The third-order valence-corrected chi connectivity index (χ3v) is 6.38. The Morgan fingerprint density at radius 2 is 1.97 bits per heavy atom. The van der Waals surface area contributed by atoms with E-state index in [4.69, 9.17) is 5.11 Å². The van der Waals surface area contributed by atoms with Gasteiger partial charge in [0.1, 0.15) is 18.0 Å². The van der Waals surface area contributed by atoms with Crippen LogP contribution < -0.4 is 5.32 Å². The summed E-state index contributed by atoms with van der Waals surface area (Å²) in [5.74, 6) is -0.0298. The summed E-state index contributed by atoms with van der Waals surface area (Å²) in [6, 6.07) is 15.2. The number of hydrogen-bond donors (Lipinski definition) is 2. The van der Waals surface area contributed by atoms with Crippen molar-refractivity contribution in [2.45, 2.75) is 32.1 Å². The third kappa shape index (κ3) is 5.29. The highest BCUT2D eigenvalue weighted by Gasteiger charge is 2.11. The first kappa shape index (κ1) is 21.9. The van der Waals surface area contributed by atoms with Crippen LogP contribution in [0.5, 0.6) is 0 Å². The molecule has 2 aromatic heterocycles. The monoisotopic (exact) mass is 449 g/mol. The van der Waals surface area contributed by atoms with Crippen molar-refractivity contribution in [1.29, 1.82) is 0 Å². The first-order chi connectivity index (χ1) is 15.5. The molecular formula is C25H24FN3O2S. The van der Waals surface area contributed by atoms with Crippen molar-refractivity contribution in [2.24, 2.45) is 0 Å². The summed E-state index contributed by atoms with van der Waals surface area (Å²) in [5.41, 5.74) is 3.52. The molecule has 2 aromatic carbocycles. The molecule has 2 N–H and O–H groups in total. The molecule has 0 fully saturated rings. The van der Waals surface area contributed by atoms with Gasteiger partial charge in [0.25, 0.3) is 0 Å². The molecule has 32 heavy (non-hydrogen) atoms. The Morgan fingerprint density at radius 1 is 1.16 bits per heavy atom. The summed E-state index contributed by atoms with van der Waals surface area (Å²) >= 11 is 1.54. The van der Waals surface area contributed by atoms with Gasteiger partial charge >= 0.3 is 5.97 Å². The Kier molecular flexibility index (Phi) is 6.75. The molecule has 2 heterocycles. The van der Waals surface area contributed by atoms with E-state index in [1.165, 1.54) is 0 Å². The Morgan fingerprint density at radius 3 is 2.75 bits per heavy atom. The molecule has 0 spiro atoms. The predicted molar refractivity (Wildman–Crippen MR) is 126 cm³/mol. The van der Waals surface area contributed by atoms with Crippen molar-refractivity contribution in [2.75, 3.05) is 11.9 Å². The standard InChI is InChI=1S/C25H24FN3O2S/c1-16(18-4-2-17(3-5-18)13-24(30)31)12-20-14-23(29-15-28-20)27-10-8-19-6-7-22-21(25(19)26)9-11-32-22/h2-7,9,11,14-16H,8,10,12-13H2,1H3,(H,30,31)(H,27,28,29). The molecule has 7 heteroatoms. The number of nitrogens with one attached hydrogen (secondary N) is 1. The van der Waals surface area contributed by atoms with E-state index in [-0.39, 0.29) is 18.2 Å². The summed E-state index contributed by atoms with van der Waals surface area (Å²) in [6.07, 6.45) is 2.87. The number of thiophene rings is 1. The molecule has 5 nitrogen and oxygen atoms in total. The fourth-order valence-electron chi connectivity index (χ4n) is 3.75. The van der Waals surface area contributed by atoms with Crippen molar-refractivity contribution in [1.82, 2.24) is 9.97 Å². The maximum Gasteiger partial charge on any atom is 0.307 e. The predicted octanol–water partition coefficient (Wildman–Crippen LogP) is 5.46. The van der Waals surface area contributed by atoms with Crippen LogP contribution >= 0.6 is 11.3 Å². The van der Waals surface area contributed by atoms with Crippen LogP contribution in [0.4, 0.5) is 10.2 Å². The van der Waals surface area contributed by atoms with Crippen LogP contribution in [0.3, 0.4) is 0 Å². The minimum absolute atomic E-state index is 0.0284. The lowest BCUT2D eigenvalue weighted by molar-refractivity contribution is -0.136. The highest BCUT2D eigenvalue weighted by atomic mass is 32.1. The SMILES string of the molecule is CC(Cc1cc(NCCc2ccc3sccc3c2F)ncn1)c1ccc(CC(=O)O)cc1. The maximum atomic E-state index is 14.6. The van der Waals surface area contributed by atoms with Gasteiger partial charge in [-0.05, 0) is 53.0 Å². The molecule has 1 unspecified atom stereocenters. The van der Waals surface area contributed by atoms with Gasteiger partial charge in [-0.15, -0.1) is 11.3 Å². The summed E-state index contributed by atoms with van der Waals surface area (Å²) in [5, 5.41) is 14.8. The van der Waals surface area contributed by atoms with E-state index >= 15 is 0 Å². The number of nitrogens with zero attached hydrogens (tertiary/aromatic N) is 2. The zero-order chi connectivity index (χ0) is 22.5. The molecule has 164 valence electrons. The number of fused-ring (bicyclic) bond motifs is 1. The number of aliphatic carboxylic acids is 1. The molecule has 4 aromatic rings. The Hall–Kier alpha value is -3.32. The lowest BCUT2D eigenvalue weighted by atomic mass is 9.95. The van der Waals surface area contributed by atoms with Gasteiger partial charge in [-0.2, -0.15) is 0 Å². The van der Waals surface area contributed by atoms with Crippen LogP contribution in [-0.4, -0.2) is 27.6 Å². The molecular weight excluding hydrogens is 425 g/mol. The minimum Gasteiger partial charge on any atom is -0.481 e. The van der Waals surface area contributed by atoms with Crippen molar-refractivity contribution < 1.29 is 14.3 Å². The average Bonchev–Trinajstić information content (AvgIpc) is 3.25. The third-order valence-electron chi connectivity index (χ3n) is 5.49. The van der Waals surface area contributed by atoms with E-state index in [9.17, 15) is 9.18 Å². The lowest BCUT2D eigenvalue weighted by Crippen LogP contribution is -2.09. The Labute approximate surface area is 190 Å². The van der Waals surface area contributed by atoms with Gasteiger partial charge in [0, 0.05) is 28.4 Å². The molecule has 0 saturated carbocycles. The normalized spacial score (nSPS) is 12.1. The average molecular weight is 450 g/mol. The second-order valence-electron chi connectivity index (χ2n) is 7.86. The molecule has 1 atom stereocenters. The van der Waals surface area contributed by atoms with Crippen LogP contribution in [0.15, 0.2) is 60.2 Å². The summed E-state index contributed by atoms with van der Waals surface area (Å²) in [7, 11) is 0. The van der Waals surface area contributed by atoms with Gasteiger partial charge in [-0.25, -0.2) is 14.4 Å². The zero-order valence-corrected chi connectivity index (χ0v) is 18.5. The summed E-state index contributed by atoms with van der Waals surface area (Å²) < 4.78 is 15.6. The van der Waals surface area contributed by atoms with E-state index in [0.29, 0.717) is 23.9 Å². The molecule has 0 bridgehead atoms. The fraction of sp³-hybridized carbons (Fsp3) is 0.240. The van der Waals surface area contributed by atoms with Gasteiger partial charge in [-0.3, -0.25) is 4.79 Å². The van der Waals surface area contributed by atoms with E-state index in [2.05, 4.69) is 22.2 Å². The number of carbonyl (C=O) groups is 1. The second-order valence-corrected chi connectivity index (χ2v) is 8.81. The van der Waals surface area contributed by atoms with Crippen molar-refractivity contribution in [3.05, 3.63) is 88.4 Å². The van der Waals surface area contributed by atoms with Crippen LogP contribution in [-0.2, 0) is 24.1 Å². The number of halogens is 1. The van der Waals surface area contributed by atoms with Crippen molar-refractivity contribution in [3.63, 3.8) is 0 Å².